The Bertz CT molecular complexity index is 444. The highest BCUT2D eigenvalue weighted by molar-refractivity contribution is 5.22. The minimum Gasteiger partial charge on any atom is -0.330 e. The maximum atomic E-state index is 5.78. The summed E-state index contributed by atoms with van der Waals surface area (Å²) in [5.41, 5.74) is 8.42. The van der Waals surface area contributed by atoms with Crippen molar-refractivity contribution in [1.29, 1.82) is 0 Å². The fraction of sp³-hybridized carbons (Fsp3) is 0.750. The first-order chi connectivity index (χ1) is 9.26. The van der Waals surface area contributed by atoms with Crippen LogP contribution in [0.2, 0.25) is 0 Å². The predicted molar refractivity (Wildman–Crippen MR) is 77.0 cm³/mol. The van der Waals surface area contributed by atoms with Gasteiger partial charge in [0.15, 0.2) is 0 Å². The summed E-state index contributed by atoms with van der Waals surface area (Å²) in [5.74, 6) is 3.18. The van der Waals surface area contributed by atoms with Gasteiger partial charge < -0.3 is 5.73 Å². The van der Waals surface area contributed by atoms with E-state index >= 15 is 0 Å². The molecule has 2 N–H and O–H groups in total. The van der Waals surface area contributed by atoms with Gasteiger partial charge in [0.25, 0.3) is 0 Å². The lowest BCUT2D eigenvalue weighted by molar-refractivity contribution is 0.333. The van der Waals surface area contributed by atoms with Gasteiger partial charge in [0, 0.05) is 17.8 Å². The number of aryl methyl sites for hydroxylation is 1. The van der Waals surface area contributed by atoms with Crippen molar-refractivity contribution in [2.75, 3.05) is 6.54 Å². The molecule has 3 unspecified atom stereocenters. The van der Waals surface area contributed by atoms with Gasteiger partial charge in [-0.2, -0.15) is 0 Å². The van der Waals surface area contributed by atoms with Crippen LogP contribution in [0.3, 0.4) is 0 Å². The molecule has 0 aliphatic heterocycles. The second-order valence-electron chi connectivity index (χ2n) is 6.51. The van der Waals surface area contributed by atoms with Crippen LogP contribution in [0.5, 0.6) is 0 Å². The molecule has 2 aliphatic carbocycles. The largest absolute Gasteiger partial charge is 0.330 e. The minimum atomic E-state index is 0.598. The molecule has 3 rings (SSSR count). The Morgan fingerprint density at radius 3 is 3.00 bits per heavy atom. The standard InChI is InChI=1S/C16H25N3/c1-11-3-2-4-13(7-11)16-18-10-14-8-12(9-17)5-6-15(14)19-16/h10-13H,2-9,17H2,1H3. The van der Waals surface area contributed by atoms with E-state index in [-0.39, 0.29) is 0 Å². The number of nitrogens with two attached hydrogens (primary N) is 1. The zero-order chi connectivity index (χ0) is 13.2. The first-order valence-electron chi connectivity index (χ1n) is 7.81. The Kier molecular flexibility index (Phi) is 3.83. The van der Waals surface area contributed by atoms with Gasteiger partial charge in [-0.3, -0.25) is 0 Å². The maximum absolute atomic E-state index is 5.78. The second-order valence-corrected chi connectivity index (χ2v) is 6.51. The van der Waals surface area contributed by atoms with E-state index in [0.717, 1.165) is 31.1 Å². The lowest BCUT2D eigenvalue weighted by atomic mass is 9.81. The van der Waals surface area contributed by atoms with E-state index in [1.54, 1.807) is 0 Å². The van der Waals surface area contributed by atoms with E-state index in [4.69, 9.17) is 10.7 Å². The van der Waals surface area contributed by atoms with Crippen molar-refractivity contribution < 1.29 is 0 Å². The summed E-state index contributed by atoms with van der Waals surface area (Å²) in [5, 5.41) is 0. The molecule has 1 aromatic rings. The van der Waals surface area contributed by atoms with Crippen LogP contribution in [0.15, 0.2) is 6.20 Å². The van der Waals surface area contributed by atoms with Gasteiger partial charge in [0.1, 0.15) is 5.82 Å². The molecule has 0 bridgehead atoms. The smallest absolute Gasteiger partial charge is 0.131 e. The van der Waals surface area contributed by atoms with Gasteiger partial charge in [-0.25, -0.2) is 9.97 Å². The van der Waals surface area contributed by atoms with Crippen molar-refractivity contribution in [3.8, 4) is 0 Å². The number of fused-ring (bicyclic) bond motifs is 1. The van der Waals surface area contributed by atoms with Crippen LogP contribution < -0.4 is 5.73 Å². The number of nitrogens with zero attached hydrogens (tertiary/aromatic N) is 2. The van der Waals surface area contributed by atoms with E-state index in [1.165, 1.54) is 43.4 Å². The molecule has 1 fully saturated rings. The van der Waals surface area contributed by atoms with Crippen LogP contribution >= 0.6 is 0 Å². The predicted octanol–water partition coefficient (Wildman–Crippen LogP) is 2.83. The summed E-state index contributed by atoms with van der Waals surface area (Å²) in [6, 6.07) is 0. The Hall–Kier alpha value is -0.960. The van der Waals surface area contributed by atoms with Crippen molar-refractivity contribution in [3.63, 3.8) is 0 Å². The Morgan fingerprint density at radius 1 is 1.32 bits per heavy atom. The second kappa shape index (κ2) is 5.58. The monoisotopic (exact) mass is 259 g/mol. The van der Waals surface area contributed by atoms with Gasteiger partial charge in [-0.15, -0.1) is 0 Å². The lowest BCUT2D eigenvalue weighted by Crippen LogP contribution is -2.24. The van der Waals surface area contributed by atoms with Crippen molar-refractivity contribution in [2.45, 2.75) is 57.8 Å². The average Bonchev–Trinajstić information content (AvgIpc) is 2.46. The Labute approximate surface area is 116 Å². The molecule has 0 saturated heterocycles. The number of hydrogen-bond acceptors (Lipinski definition) is 3. The molecule has 1 saturated carbocycles. The summed E-state index contributed by atoms with van der Waals surface area (Å²) in [7, 11) is 0. The highest BCUT2D eigenvalue weighted by atomic mass is 14.9. The van der Waals surface area contributed by atoms with E-state index in [9.17, 15) is 0 Å². The van der Waals surface area contributed by atoms with E-state index in [1.807, 2.05) is 0 Å². The van der Waals surface area contributed by atoms with Gasteiger partial charge >= 0.3 is 0 Å². The molecule has 2 aliphatic rings. The lowest BCUT2D eigenvalue weighted by Gasteiger charge is -2.27. The molecule has 0 radical (unpaired) electrons. The van der Waals surface area contributed by atoms with E-state index in [0.29, 0.717) is 11.8 Å². The first kappa shape index (κ1) is 13.0. The molecule has 3 heteroatoms. The number of aromatic nitrogens is 2. The zero-order valence-electron chi connectivity index (χ0n) is 11.9. The molecule has 1 aromatic heterocycles. The van der Waals surface area contributed by atoms with Crippen LogP contribution in [0.4, 0.5) is 0 Å². The molecule has 1 heterocycles. The Morgan fingerprint density at radius 2 is 2.21 bits per heavy atom. The van der Waals surface area contributed by atoms with Gasteiger partial charge in [0.05, 0.1) is 0 Å². The number of hydrogen-bond donors (Lipinski definition) is 1. The Balaban J connectivity index is 1.78. The molecule has 3 atom stereocenters. The highest BCUT2D eigenvalue weighted by Gasteiger charge is 2.25. The highest BCUT2D eigenvalue weighted by Crippen LogP contribution is 2.35. The fourth-order valence-electron chi connectivity index (χ4n) is 3.66. The summed E-state index contributed by atoms with van der Waals surface area (Å²) in [6.45, 7) is 3.15. The topological polar surface area (TPSA) is 51.8 Å². The quantitative estimate of drug-likeness (QED) is 0.888. The summed E-state index contributed by atoms with van der Waals surface area (Å²) in [6.07, 6.45) is 10.7. The van der Waals surface area contributed by atoms with Crippen LogP contribution in [-0.2, 0) is 12.8 Å². The van der Waals surface area contributed by atoms with Crippen molar-refractivity contribution >= 4 is 0 Å². The molecular weight excluding hydrogens is 234 g/mol. The third-order valence-electron chi connectivity index (χ3n) is 4.91. The molecule has 0 aromatic carbocycles. The maximum Gasteiger partial charge on any atom is 0.131 e. The van der Waals surface area contributed by atoms with Crippen LogP contribution in [0.25, 0.3) is 0 Å². The summed E-state index contributed by atoms with van der Waals surface area (Å²) < 4.78 is 0. The molecule has 0 amide bonds. The van der Waals surface area contributed by atoms with Crippen molar-refractivity contribution in [1.82, 2.24) is 9.97 Å². The van der Waals surface area contributed by atoms with Crippen LogP contribution in [0.1, 0.15) is 62.0 Å². The van der Waals surface area contributed by atoms with Gasteiger partial charge in [-0.1, -0.05) is 19.8 Å². The zero-order valence-corrected chi connectivity index (χ0v) is 11.9. The van der Waals surface area contributed by atoms with E-state index < -0.39 is 0 Å². The van der Waals surface area contributed by atoms with Gasteiger partial charge in [-0.05, 0) is 56.0 Å². The molecule has 3 nitrogen and oxygen atoms in total. The molecule has 19 heavy (non-hydrogen) atoms. The molecule has 104 valence electrons. The SMILES string of the molecule is CC1CCCC(c2ncc3c(n2)CCC(CN)C3)C1. The number of rotatable bonds is 2. The summed E-state index contributed by atoms with van der Waals surface area (Å²) in [4.78, 5) is 9.56. The van der Waals surface area contributed by atoms with Crippen molar-refractivity contribution in [3.05, 3.63) is 23.3 Å². The van der Waals surface area contributed by atoms with Crippen molar-refractivity contribution in [2.24, 2.45) is 17.6 Å². The fourth-order valence-corrected chi connectivity index (χ4v) is 3.66. The third-order valence-corrected chi connectivity index (χ3v) is 4.91. The summed E-state index contributed by atoms with van der Waals surface area (Å²) >= 11 is 0. The average molecular weight is 259 g/mol. The van der Waals surface area contributed by atoms with Crippen LogP contribution in [-0.4, -0.2) is 16.5 Å². The van der Waals surface area contributed by atoms with Crippen LogP contribution in [0, 0.1) is 11.8 Å². The first-order valence-corrected chi connectivity index (χ1v) is 7.81. The molecular formula is C16H25N3. The van der Waals surface area contributed by atoms with E-state index in [2.05, 4.69) is 18.1 Å². The third kappa shape index (κ3) is 2.81. The normalized spacial score (nSPS) is 30.9. The minimum absolute atomic E-state index is 0.598. The van der Waals surface area contributed by atoms with Gasteiger partial charge in [0.2, 0.25) is 0 Å². The molecule has 0 spiro atoms.